The molecule has 1 N–H and O–H groups in total. The van der Waals surface area contributed by atoms with Crippen molar-refractivity contribution in [2.45, 2.75) is 33.4 Å². The van der Waals surface area contributed by atoms with E-state index < -0.39 is 0 Å². The van der Waals surface area contributed by atoms with E-state index in [1.807, 2.05) is 19.9 Å². The third kappa shape index (κ3) is 3.12. The van der Waals surface area contributed by atoms with Gasteiger partial charge in [0.2, 0.25) is 0 Å². The van der Waals surface area contributed by atoms with Gasteiger partial charge in [-0.2, -0.15) is 0 Å². The van der Waals surface area contributed by atoms with E-state index in [2.05, 4.69) is 17.4 Å². The summed E-state index contributed by atoms with van der Waals surface area (Å²) in [5, 5.41) is 7.33. The molecule has 0 saturated carbocycles. The van der Waals surface area contributed by atoms with Crippen molar-refractivity contribution in [3.63, 3.8) is 0 Å². The molecule has 0 spiro atoms. The molecule has 0 saturated heterocycles. The first-order chi connectivity index (χ1) is 9.09. The second-order valence-electron chi connectivity index (χ2n) is 4.65. The van der Waals surface area contributed by atoms with Gasteiger partial charge in [0.15, 0.2) is 0 Å². The summed E-state index contributed by atoms with van der Waals surface area (Å²) in [6, 6.07) is 5.33. The summed E-state index contributed by atoms with van der Waals surface area (Å²) in [4.78, 5) is 11.5. The third-order valence-electron chi connectivity index (χ3n) is 3.22. The molecule has 5 heteroatoms. The maximum atomic E-state index is 11.5. The van der Waals surface area contributed by atoms with Gasteiger partial charge in [0, 0.05) is 37.0 Å². The third-order valence-corrected chi connectivity index (χ3v) is 3.22. The second-order valence-corrected chi connectivity index (χ2v) is 4.65. The Balaban J connectivity index is 1.93. The zero-order chi connectivity index (χ0) is 13.8. The van der Waals surface area contributed by atoms with Crippen LogP contribution >= 0.6 is 0 Å². The Bertz CT molecular complexity index is 581. The molecule has 1 atom stereocenters. The average molecular weight is 261 g/mol. The van der Waals surface area contributed by atoms with Crippen LogP contribution in [0.25, 0.3) is 0 Å². The lowest BCUT2D eigenvalue weighted by Crippen LogP contribution is -2.28. The van der Waals surface area contributed by atoms with E-state index in [9.17, 15) is 4.79 Å². The molecule has 0 aliphatic rings. The van der Waals surface area contributed by atoms with Gasteiger partial charge in [-0.3, -0.25) is 4.79 Å². The molecular formula is C14H19N3O2. The highest BCUT2D eigenvalue weighted by atomic mass is 16.5. The van der Waals surface area contributed by atoms with Crippen molar-refractivity contribution in [2.75, 3.05) is 6.54 Å². The summed E-state index contributed by atoms with van der Waals surface area (Å²) in [5.41, 5.74) is 2.03. The Morgan fingerprint density at radius 2 is 2.21 bits per heavy atom. The van der Waals surface area contributed by atoms with Gasteiger partial charge in [0.05, 0.1) is 5.69 Å². The number of pyridine rings is 1. The zero-order valence-electron chi connectivity index (χ0n) is 11.5. The Kier molecular flexibility index (Phi) is 4.16. The molecule has 0 aliphatic heterocycles. The fraction of sp³-hybridized carbons (Fsp3) is 0.429. The van der Waals surface area contributed by atoms with Crippen molar-refractivity contribution in [3.05, 3.63) is 51.8 Å². The first-order valence-corrected chi connectivity index (χ1v) is 6.41. The van der Waals surface area contributed by atoms with Gasteiger partial charge in [0.25, 0.3) is 5.56 Å². The summed E-state index contributed by atoms with van der Waals surface area (Å²) in [6.07, 6.45) is 1.80. The largest absolute Gasteiger partial charge is 0.361 e. The summed E-state index contributed by atoms with van der Waals surface area (Å²) < 4.78 is 6.84. The van der Waals surface area contributed by atoms with Crippen LogP contribution in [0.15, 0.2) is 33.7 Å². The molecular weight excluding hydrogens is 242 g/mol. The van der Waals surface area contributed by atoms with Gasteiger partial charge in [-0.25, -0.2) is 0 Å². The number of aryl methyl sites for hydroxylation is 2. The predicted octanol–water partition coefficient (Wildman–Crippen LogP) is 1.80. The van der Waals surface area contributed by atoms with Gasteiger partial charge in [-0.15, -0.1) is 0 Å². The summed E-state index contributed by atoms with van der Waals surface area (Å²) in [6.45, 7) is 7.28. The Hall–Kier alpha value is -1.88. The molecule has 0 radical (unpaired) electrons. The number of hydrogen-bond donors (Lipinski definition) is 1. The molecule has 102 valence electrons. The molecule has 2 rings (SSSR count). The van der Waals surface area contributed by atoms with Crippen LogP contribution < -0.4 is 10.9 Å². The van der Waals surface area contributed by atoms with E-state index in [1.54, 1.807) is 22.9 Å². The first kappa shape index (κ1) is 13.5. The number of nitrogens with zero attached hydrogens (tertiary/aromatic N) is 2. The summed E-state index contributed by atoms with van der Waals surface area (Å²) >= 11 is 0. The number of aromatic nitrogens is 2. The highest BCUT2D eigenvalue weighted by molar-refractivity contribution is 5.24. The SMILES string of the molecule is Cc1noc(C)c1C(C)NCCn1ccccc1=O. The fourth-order valence-electron chi connectivity index (χ4n) is 2.26. The van der Waals surface area contributed by atoms with Crippen LogP contribution in [-0.2, 0) is 6.54 Å². The lowest BCUT2D eigenvalue weighted by Gasteiger charge is -2.14. The molecule has 0 amide bonds. The molecule has 2 aromatic heterocycles. The van der Waals surface area contributed by atoms with Crippen LogP contribution in [0.3, 0.4) is 0 Å². The molecule has 0 aliphatic carbocycles. The standard InChI is InChI=1S/C14H19N3O2/c1-10(14-11(2)16-19-12(14)3)15-7-9-17-8-5-4-6-13(17)18/h4-6,8,10,15H,7,9H2,1-3H3. The molecule has 2 aromatic rings. The van der Waals surface area contributed by atoms with E-state index in [1.165, 1.54) is 0 Å². The molecule has 2 heterocycles. The van der Waals surface area contributed by atoms with Crippen LogP contribution in [0.1, 0.15) is 30.0 Å². The summed E-state index contributed by atoms with van der Waals surface area (Å²) in [5.74, 6) is 0.842. The van der Waals surface area contributed by atoms with Gasteiger partial charge < -0.3 is 14.4 Å². The van der Waals surface area contributed by atoms with E-state index in [-0.39, 0.29) is 11.6 Å². The van der Waals surface area contributed by atoms with Crippen LogP contribution in [0.2, 0.25) is 0 Å². The number of nitrogens with one attached hydrogen (secondary N) is 1. The van der Waals surface area contributed by atoms with Gasteiger partial charge in [-0.05, 0) is 26.8 Å². The Morgan fingerprint density at radius 3 is 2.84 bits per heavy atom. The minimum absolute atomic E-state index is 0.0225. The van der Waals surface area contributed by atoms with Gasteiger partial charge in [-0.1, -0.05) is 11.2 Å². The molecule has 0 fully saturated rings. The molecule has 19 heavy (non-hydrogen) atoms. The van der Waals surface area contributed by atoms with Crippen molar-refractivity contribution >= 4 is 0 Å². The minimum Gasteiger partial charge on any atom is -0.361 e. The quantitative estimate of drug-likeness (QED) is 0.891. The fourth-order valence-corrected chi connectivity index (χ4v) is 2.26. The number of rotatable bonds is 5. The van der Waals surface area contributed by atoms with Gasteiger partial charge >= 0.3 is 0 Å². The van der Waals surface area contributed by atoms with Crippen molar-refractivity contribution < 1.29 is 4.52 Å². The highest BCUT2D eigenvalue weighted by Gasteiger charge is 2.15. The Labute approximate surface area is 112 Å². The topological polar surface area (TPSA) is 60.1 Å². The maximum Gasteiger partial charge on any atom is 0.250 e. The normalized spacial score (nSPS) is 12.6. The Morgan fingerprint density at radius 1 is 1.42 bits per heavy atom. The number of hydrogen-bond acceptors (Lipinski definition) is 4. The van der Waals surface area contributed by atoms with E-state index >= 15 is 0 Å². The van der Waals surface area contributed by atoms with Crippen molar-refractivity contribution in [1.29, 1.82) is 0 Å². The van der Waals surface area contributed by atoms with Crippen molar-refractivity contribution in [1.82, 2.24) is 15.0 Å². The van der Waals surface area contributed by atoms with Crippen molar-refractivity contribution in [2.24, 2.45) is 0 Å². The van der Waals surface area contributed by atoms with Gasteiger partial charge in [0.1, 0.15) is 5.76 Å². The zero-order valence-corrected chi connectivity index (χ0v) is 11.5. The maximum absolute atomic E-state index is 11.5. The molecule has 5 nitrogen and oxygen atoms in total. The van der Waals surface area contributed by atoms with E-state index in [0.29, 0.717) is 6.54 Å². The van der Waals surface area contributed by atoms with Crippen LogP contribution in [0.5, 0.6) is 0 Å². The van der Waals surface area contributed by atoms with E-state index in [4.69, 9.17) is 4.52 Å². The predicted molar refractivity (Wildman–Crippen MR) is 73.1 cm³/mol. The van der Waals surface area contributed by atoms with Crippen LogP contribution in [0.4, 0.5) is 0 Å². The highest BCUT2D eigenvalue weighted by Crippen LogP contribution is 2.20. The molecule has 1 unspecified atom stereocenters. The van der Waals surface area contributed by atoms with Crippen molar-refractivity contribution in [3.8, 4) is 0 Å². The average Bonchev–Trinajstić information content (AvgIpc) is 2.71. The van der Waals surface area contributed by atoms with Crippen LogP contribution in [0, 0.1) is 13.8 Å². The summed E-state index contributed by atoms with van der Waals surface area (Å²) in [7, 11) is 0. The first-order valence-electron chi connectivity index (χ1n) is 6.41. The molecule has 0 bridgehead atoms. The van der Waals surface area contributed by atoms with E-state index in [0.717, 1.165) is 23.6 Å². The lowest BCUT2D eigenvalue weighted by atomic mass is 10.1. The molecule has 0 aromatic carbocycles. The lowest BCUT2D eigenvalue weighted by molar-refractivity contribution is 0.390. The minimum atomic E-state index is 0.0225. The monoisotopic (exact) mass is 261 g/mol. The smallest absolute Gasteiger partial charge is 0.250 e. The second kappa shape index (κ2) is 5.84. The van der Waals surface area contributed by atoms with Crippen LogP contribution in [-0.4, -0.2) is 16.3 Å².